The van der Waals surface area contributed by atoms with Crippen LogP contribution < -0.4 is 4.74 Å². The number of nitrogens with zero attached hydrogens (tertiary/aromatic N) is 2. The number of ether oxygens (including phenoxy) is 2. The Labute approximate surface area is 153 Å². The smallest absolute Gasteiger partial charge is 0.335 e. The van der Waals surface area contributed by atoms with E-state index in [1.54, 1.807) is 25.3 Å². The molecule has 0 saturated heterocycles. The molecule has 24 heavy (non-hydrogen) atoms. The van der Waals surface area contributed by atoms with Gasteiger partial charge in [0.15, 0.2) is 6.04 Å². The van der Waals surface area contributed by atoms with Crippen LogP contribution in [0.1, 0.15) is 44.9 Å². The molecule has 1 unspecified atom stereocenters. The minimum absolute atomic E-state index is 0.144. The summed E-state index contributed by atoms with van der Waals surface area (Å²) < 4.78 is 11.5. The molecule has 5 nitrogen and oxygen atoms in total. The minimum atomic E-state index is -0.712. The summed E-state index contributed by atoms with van der Waals surface area (Å²) in [6.07, 6.45) is 1.62. The summed E-state index contributed by atoms with van der Waals surface area (Å²) in [4.78, 5) is 18.6. The zero-order valence-electron chi connectivity index (χ0n) is 15.5. The van der Waals surface area contributed by atoms with E-state index in [1.165, 1.54) is 0 Å². The van der Waals surface area contributed by atoms with Gasteiger partial charge in [-0.15, -0.1) is 0 Å². The second-order valence-corrected chi connectivity index (χ2v) is 7.57. The largest absolute Gasteiger partial charge is 0.495 e. The zero-order chi connectivity index (χ0) is 18.5. The first kappa shape index (κ1) is 20.5. The van der Waals surface area contributed by atoms with E-state index in [-0.39, 0.29) is 11.4 Å². The average molecular weight is 399 g/mol. The van der Waals surface area contributed by atoms with E-state index in [0.29, 0.717) is 6.61 Å². The number of benzene rings is 1. The molecule has 0 aliphatic rings. The van der Waals surface area contributed by atoms with Gasteiger partial charge >= 0.3 is 5.97 Å². The zero-order valence-corrected chi connectivity index (χ0v) is 17.1. The van der Waals surface area contributed by atoms with Gasteiger partial charge in [0.2, 0.25) is 0 Å². The van der Waals surface area contributed by atoms with Crippen molar-refractivity contribution in [3.05, 3.63) is 27.7 Å². The molecule has 0 radical (unpaired) electrons. The van der Waals surface area contributed by atoms with Crippen molar-refractivity contribution >= 4 is 28.2 Å². The van der Waals surface area contributed by atoms with Crippen molar-refractivity contribution in [1.29, 1.82) is 0 Å². The molecule has 1 atom stereocenters. The van der Waals surface area contributed by atoms with Crippen LogP contribution in [0.2, 0.25) is 0 Å². The van der Waals surface area contributed by atoms with Crippen LogP contribution in [0.15, 0.2) is 21.6 Å². The fourth-order valence-corrected chi connectivity index (χ4v) is 2.88. The van der Waals surface area contributed by atoms with Crippen LogP contribution in [0.25, 0.3) is 0 Å². The normalized spacial score (nSPS) is 13.0. The second-order valence-electron chi connectivity index (χ2n) is 6.72. The van der Waals surface area contributed by atoms with Crippen molar-refractivity contribution in [3.8, 4) is 5.75 Å². The Morgan fingerprint density at radius 2 is 2.00 bits per heavy atom. The Balaban J connectivity index is 3.47. The van der Waals surface area contributed by atoms with Crippen LogP contribution in [0.3, 0.4) is 0 Å². The highest BCUT2D eigenvalue weighted by Crippen LogP contribution is 2.39. The van der Waals surface area contributed by atoms with Crippen LogP contribution in [0.4, 0.5) is 0 Å². The van der Waals surface area contributed by atoms with Crippen molar-refractivity contribution in [1.82, 2.24) is 4.90 Å². The Hall–Kier alpha value is -1.56. The Morgan fingerprint density at radius 3 is 2.46 bits per heavy atom. The molecule has 0 fully saturated rings. The Bertz CT molecular complexity index is 607. The maximum absolute atomic E-state index is 12.4. The average Bonchev–Trinajstić information content (AvgIpc) is 2.45. The summed E-state index contributed by atoms with van der Waals surface area (Å²) in [5, 5.41) is 0. The highest BCUT2D eigenvalue weighted by Gasteiger charge is 2.27. The minimum Gasteiger partial charge on any atom is -0.495 e. The number of halogens is 1. The van der Waals surface area contributed by atoms with Gasteiger partial charge in [-0.25, -0.2) is 4.79 Å². The number of aliphatic imine (C=N–C) groups is 1. The van der Waals surface area contributed by atoms with Crippen LogP contribution >= 0.6 is 15.9 Å². The first-order valence-corrected chi connectivity index (χ1v) is 8.65. The topological polar surface area (TPSA) is 51.1 Å². The lowest BCUT2D eigenvalue weighted by atomic mass is 9.84. The molecule has 0 heterocycles. The first-order valence-electron chi connectivity index (χ1n) is 7.86. The fourth-order valence-electron chi connectivity index (χ4n) is 2.24. The second kappa shape index (κ2) is 8.51. The van der Waals surface area contributed by atoms with Crippen LogP contribution in [0, 0.1) is 0 Å². The molecular formula is C18H27BrN2O3. The Kier molecular flexibility index (Phi) is 7.27. The third-order valence-electron chi connectivity index (χ3n) is 3.35. The molecule has 1 rings (SSSR count). The maximum atomic E-state index is 12.4. The molecule has 0 aliphatic carbocycles. The lowest BCUT2D eigenvalue weighted by Gasteiger charge is -2.25. The monoisotopic (exact) mass is 398 g/mol. The lowest BCUT2D eigenvalue weighted by molar-refractivity contribution is -0.144. The van der Waals surface area contributed by atoms with E-state index >= 15 is 0 Å². The van der Waals surface area contributed by atoms with Crippen LogP contribution in [0.5, 0.6) is 5.75 Å². The van der Waals surface area contributed by atoms with Gasteiger partial charge in [-0.05, 0) is 46.0 Å². The van der Waals surface area contributed by atoms with Crippen molar-refractivity contribution in [2.75, 3.05) is 27.8 Å². The van der Waals surface area contributed by atoms with Gasteiger partial charge in [0.25, 0.3) is 0 Å². The van der Waals surface area contributed by atoms with E-state index < -0.39 is 6.04 Å². The molecule has 1 aromatic rings. The van der Waals surface area contributed by atoms with Gasteiger partial charge in [0.1, 0.15) is 5.75 Å². The summed E-state index contributed by atoms with van der Waals surface area (Å²) in [5.74, 6) is 0.401. The number of esters is 1. The molecule has 6 heteroatoms. The van der Waals surface area contributed by atoms with E-state index in [0.717, 1.165) is 21.3 Å². The predicted molar refractivity (Wildman–Crippen MR) is 101 cm³/mol. The third kappa shape index (κ3) is 5.23. The predicted octanol–water partition coefficient (Wildman–Crippen LogP) is 3.95. The van der Waals surface area contributed by atoms with Gasteiger partial charge < -0.3 is 14.4 Å². The standard InChI is InChI=1S/C18H27BrN2O3/c1-8-24-17(22)15(20-11-21(5)6)12-9-13(18(2,3)4)16(23-7)14(19)10-12/h9-11,15H,8H2,1-7H3. The van der Waals surface area contributed by atoms with E-state index in [4.69, 9.17) is 9.47 Å². The molecule has 0 aromatic heterocycles. The van der Waals surface area contributed by atoms with Crippen molar-refractivity contribution in [3.63, 3.8) is 0 Å². The van der Waals surface area contributed by atoms with Crippen molar-refractivity contribution < 1.29 is 14.3 Å². The van der Waals surface area contributed by atoms with E-state index in [9.17, 15) is 4.79 Å². The quantitative estimate of drug-likeness (QED) is 0.413. The summed E-state index contributed by atoms with van der Waals surface area (Å²) in [5.41, 5.74) is 1.63. The van der Waals surface area contributed by atoms with Gasteiger partial charge in [0.05, 0.1) is 24.5 Å². The SMILES string of the molecule is CCOC(=O)C(N=CN(C)C)c1cc(Br)c(OC)c(C(C)(C)C)c1. The molecular weight excluding hydrogens is 372 g/mol. The van der Waals surface area contributed by atoms with E-state index in [1.807, 2.05) is 26.2 Å². The van der Waals surface area contributed by atoms with Gasteiger partial charge in [-0.1, -0.05) is 20.8 Å². The number of methoxy groups -OCH3 is 1. The highest BCUT2D eigenvalue weighted by molar-refractivity contribution is 9.10. The van der Waals surface area contributed by atoms with Gasteiger partial charge in [-0.3, -0.25) is 4.99 Å². The molecule has 0 amide bonds. The summed E-state index contributed by atoms with van der Waals surface area (Å²) >= 11 is 3.55. The summed E-state index contributed by atoms with van der Waals surface area (Å²) in [6, 6.07) is 3.12. The molecule has 0 spiro atoms. The fraction of sp³-hybridized carbons (Fsp3) is 0.556. The maximum Gasteiger partial charge on any atom is 0.335 e. The van der Waals surface area contributed by atoms with Crippen molar-refractivity contribution in [2.45, 2.75) is 39.2 Å². The number of hydrogen-bond acceptors (Lipinski definition) is 4. The number of carbonyl (C=O) groups excluding carboxylic acids is 1. The first-order chi connectivity index (χ1) is 11.1. The number of rotatable bonds is 6. The molecule has 1 aromatic carbocycles. The summed E-state index contributed by atoms with van der Waals surface area (Å²) in [7, 11) is 5.36. The molecule has 0 aliphatic heterocycles. The Morgan fingerprint density at radius 1 is 1.38 bits per heavy atom. The van der Waals surface area contributed by atoms with Gasteiger partial charge in [0, 0.05) is 19.7 Å². The van der Waals surface area contributed by atoms with Crippen molar-refractivity contribution in [2.24, 2.45) is 4.99 Å². The van der Waals surface area contributed by atoms with Gasteiger partial charge in [-0.2, -0.15) is 0 Å². The number of carbonyl (C=O) groups is 1. The van der Waals surface area contributed by atoms with Crippen LogP contribution in [-0.4, -0.2) is 45.0 Å². The molecule has 134 valence electrons. The highest BCUT2D eigenvalue weighted by atomic mass is 79.9. The molecule has 0 N–H and O–H groups in total. The lowest BCUT2D eigenvalue weighted by Crippen LogP contribution is -2.19. The van der Waals surface area contributed by atoms with E-state index in [2.05, 4.69) is 41.7 Å². The summed E-state index contributed by atoms with van der Waals surface area (Å²) in [6.45, 7) is 8.40. The van der Waals surface area contributed by atoms with Crippen LogP contribution in [-0.2, 0) is 14.9 Å². The molecule has 0 saturated carbocycles. The third-order valence-corrected chi connectivity index (χ3v) is 3.94. The number of hydrogen-bond donors (Lipinski definition) is 0. The molecule has 0 bridgehead atoms.